The molecule has 166 valence electrons. The van der Waals surface area contributed by atoms with Crippen molar-refractivity contribution < 1.29 is 19.0 Å². The van der Waals surface area contributed by atoms with E-state index in [9.17, 15) is 14.3 Å². The second-order valence-corrected chi connectivity index (χ2v) is 10.3. The molecule has 0 unspecified atom stereocenters. The highest BCUT2D eigenvalue weighted by Gasteiger charge is 2.28. The number of carbonyl (C=O) groups excluding carboxylic acids is 1. The monoisotopic (exact) mass is 425 g/mol. The lowest BCUT2D eigenvalue weighted by Crippen LogP contribution is -2.31. The van der Waals surface area contributed by atoms with E-state index in [1.165, 1.54) is 12.1 Å². The van der Waals surface area contributed by atoms with Crippen molar-refractivity contribution in [1.29, 1.82) is 0 Å². The molecular formula is C26H32FNO3. The zero-order valence-electron chi connectivity index (χ0n) is 19.2. The third-order valence-corrected chi connectivity index (χ3v) is 5.36. The molecule has 1 aliphatic heterocycles. The molecular weight excluding hydrogens is 393 g/mol. The number of aliphatic hydroxyl groups excluding tert-OH is 1. The molecule has 31 heavy (non-hydrogen) atoms. The van der Waals surface area contributed by atoms with E-state index in [4.69, 9.17) is 9.72 Å². The fourth-order valence-electron chi connectivity index (χ4n) is 3.68. The fraction of sp³-hybridized carbons (Fsp3) is 0.462. The number of halogens is 1. The van der Waals surface area contributed by atoms with Gasteiger partial charge in [0, 0.05) is 28.5 Å². The van der Waals surface area contributed by atoms with Crippen LogP contribution in [0.15, 0.2) is 36.4 Å². The van der Waals surface area contributed by atoms with E-state index in [1.54, 1.807) is 12.1 Å². The summed E-state index contributed by atoms with van der Waals surface area (Å²) in [6.45, 7) is 12.7. The number of pyridine rings is 1. The van der Waals surface area contributed by atoms with Crippen molar-refractivity contribution in [3.8, 4) is 11.1 Å². The van der Waals surface area contributed by atoms with Gasteiger partial charge in [0.15, 0.2) is 0 Å². The molecule has 0 amide bonds. The Labute approximate surface area is 184 Å². The van der Waals surface area contributed by atoms with Crippen molar-refractivity contribution in [2.45, 2.75) is 77.4 Å². The molecule has 1 aromatic heterocycles. The van der Waals surface area contributed by atoms with Crippen LogP contribution >= 0.6 is 0 Å². The Morgan fingerprint density at radius 2 is 1.74 bits per heavy atom. The molecule has 0 saturated carbocycles. The lowest BCUT2D eigenvalue weighted by atomic mass is 9.82. The summed E-state index contributed by atoms with van der Waals surface area (Å²) in [4.78, 5) is 16.8. The minimum absolute atomic E-state index is 0.0280. The quantitative estimate of drug-likeness (QED) is 0.654. The maximum absolute atomic E-state index is 13.6. The van der Waals surface area contributed by atoms with Gasteiger partial charge in [-0.15, -0.1) is 0 Å². The Hall–Kier alpha value is -2.53. The number of aromatic nitrogens is 1. The Balaban J connectivity index is 2.19. The van der Waals surface area contributed by atoms with E-state index < -0.39 is 18.2 Å². The van der Waals surface area contributed by atoms with Crippen molar-refractivity contribution in [3.05, 3.63) is 59.2 Å². The molecule has 0 bridgehead atoms. The van der Waals surface area contributed by atoms with Gasteiger partial charge < -0.3 is 9.84 Å². The Kier molecular flexibility index (Phi) is 6.38. The average Bonchev–Trinajstić information content (AvgIpc) is 2.64. The molecule has 0 aliphatic carbocycles. The van der Waals surface area contributed by atoms with Crippen molar-refractivity contribution in [2.75, 3.05) is 0 Å². The van der Waals surface area contributed by atoms with Gasteiger partial charge in [0.2, 0.25) is 0 Å². The van der Waals surface area contributed by atoms with Crippen LogP contribution in [0.2, 0.25) is 0 Å². The fourth-order valence-corrected chi connectivity index (χ4v) is 3.68. The number of cyclic esters (lactones) is 1. The Morgan fingerprint density at radius 1 is 1.10 bits per heavy atom. The van der Waals surface area contributed by atoms with Gasteiger partial charge in [-0.3, -0.25) is 9.78 Å². The predicted molar refractivity (Wildman–Crippen MR) is 121 cm³/mol. The topological polar surface area (TPSA) is 59.4 Å². The number of benzene rings is 1. The van der Waals surface area contributed by atoms with E-state index in [0.717, 1.165) is 28.1 Å². The predicted octanol–water partition coefficient (Wildman–Crippen LogP) is 5.56. The highest BCUT2D eigenvalue weighted by molar-refractivity contribution is 5.78. The second-order valence-electron chi connectivity index (χ2n) is 10.3. The summed E-state index contributed by atoms with van der Waals surface area (Å²) in [5, 5.41) is 9.93. The normalized spacial score (nSPS) is 20.2. The number of hydrogen-bond acceptors (Lipinski definition) is 4. The maximum atomic E-state index is 13.6. The molecule has 2 atom stereocenters. The number of ether oxygens (including phenoxy) is 1. The van der Waals surface area contributed by atoms with Crippen LogP contribution in [0.25, 0.3) is 17.2 Å². The van der Waals surface area contributed by atoms with Gasteiger partial charge in [0.05, 0.1) is 18.2 Å². The zero-order chi connectivity index (χ0) is 23.0. The lowest BCUT2D eigenvalue weighted by Gasteiger charge is -2.28. The van der Waals surface area contributed by atoms with E-state index in [-0.39, 0.29) is 23.1 Å². The van der Waals surface area contributed by atoms with E-state index >= 15 is 0 Å². The molecule has 0 radical (unpaired) electrons. The molecule has 2 aromatic rings. The van der Waals surface area contributed by atoms with Gasteiger partial charge in [0.1, 0.15) is 11.9 Å². The Bertz CT molecular complexity index is 981. The molecule has 1 N–H and O–H groups in total. The molecule has 1 saturated heterocycles. The highest BCUT2D eigenvalue weighted by atomic mass is 19.1. The van der Waals surface area contributed by atoms with Gasteiger partial charge in [-0.1, -0.05) is 59.8 Å². The summed E-state index contributed by atoms with van der Waals surface area (Å²) >= 11 is 0. The minimum Gasteiger partial charge on any atom is -0.458 e. The maximum Gasteiger partial charge on any atom is 0.309 e. The number of carbonyl (C=O) groups is 1. The molecule has 3 rings (SSSR count). The summed E-state index contributed by atoms with van der Waals surface area (Å²) < 4.78 is 19.0. The molecule has 1 aromatic carbocycles. The number of hydrogen-bond donors (Lipinski definition) is 1. The van der Waals surface area contributed by atoms with Crippen LogP contribution in [-0.2, 0) is 20.4 Å². The summed E-state index contributed by atoms with van der Waals surface area (Å²) in [5.41, 5.74) is 4.19. The van der Waals surface area contributed by atoms with Crippen LogP contribution in [0.1, 0.15) is 71.3 Å². The highest BCUT2D eigenvalue weighted by Crippen LogP contribution is 2.37. The van der Waals surface area contributed by atoms with E-state index in [1.807, 2.05) is 12.2 Å². The third-order valence-electron chi connectivity index (χ3n) is 5.36. The van der Waals surface area contributed by atoms with Crippen molar-refractivity contribution in [2.24, 2.45) is 0 Å². The first-order chi connectivity index (χ1) is 14.3. The summed E-state index contributed by atoms with van der Waals surface area (Å²) in [7, 11) is 0. The van der Waals surface area contributed by atoms with Gasteiger partial charge in [-0.2, -0.15) is 0 Å². The first-order valence-electron chi connectivity index (χ1n) is 10.7. The van der Waals surface area contributed by atoms with E-state index in [2.05, 4.69) is 47.6 Å². The largest absolute Gasteiger partial charge is 0.458 e. The van der Waals surface area contributed by atoms with Gasteiger partial charge in [-0.25, -0.2) is 4.39 Å². The average molecular weight is 426 g/mol. The van der Waals surface area contributed by atoms with Gasteiger partial charge >= 0.3 is 5.97 Å². The van der Waals surface area contributed by atoms with Crippen LogP contribution in [0.4, 0.5) is 4.39 Å². The van der Waals surface area contributed by atoms with Crippen molar-refractivity contribution >= 4 is 12.0 Å². The molecule has 1 aliphatic rings. The molecule has 4 nitrogen and oxygen atoms in total. The number of esters is 1. The molecule has 2 heterocycles. The van der Waals surface area contributed by atoms with Gasteiger partial charge in [0.25, 0.3) is 0 Å². The first kappa shape index (κ1) is 23.1. The smallest absolute Gasteiger partial charge is 0.309 e. The van der Waals surface area contributed by atoms with Crippen LogP contribution in [0.3, 0.4) is 0 Å². The van der Waals surface area contributed by atoms with Crippen molar-refractivity contribution in [1.82, 2.24) is 4.98 Å². The number of nitrogens with zero attached hydrogens (tertiary/aromatic N) is 1. The number of rotatable bonds is 3. The molecule has 5 heteroatoms. The third kappa shape index (κ3) is 5.59. The lowest BCUT2D eigenvalue weighted by molar-refractivity contribution is -0.156. The van der Waals surface area contributed by atoms with E-state index in [0.29, 0.717) is 6.42 Å². The zero-order valence-corrected chi connectivity index (χ0v) is 19.2. The van der Waals surface area contributed by atoms with Crippen LogP contribution in [0.5, 0.6) is 0 Å². The standard InChI is InChI=1S/C26H32FNO3/c1-25(2,3)22-15-21(16-7-9-17(27)10-8-16)20(24(28-22)26(4,5)6)12-11-19-13-18(29)14-23(30)31-19/h7-12,15,18-19,29H,13-14H2,1-6H3/t18-,19-/m1/s1. The SMILES string of the molecule is CC(C)(C)c1cc(-c2ccc(F)cc2)c(C=C[C@@H]2C[C@@H](O)CC(=O)O2)c(C(C)(C)C)n1. The summed E-state index contributed by atoms with van der Waals surface area (Å²) in [6.07, 6.45) is 2.95. The molecule has 1 fully saturated rings. The van der Waals surface area contributed by atoms with Crippen LogP contribution < -0.4 is 0 Å². The van der Waals surface area contributed by atoms with Gasteiger partial charge in [-0.05, 0) is 35.4 Å². The van der Waals surface area contributed by atoms with Crippen molar-refractivity contribution in [3.63, 3.8) is 0 Å². The minimum atomic E-state index is -0.698. The second kappa shape index (κ2) is 8.54. The summed E-state index contributed by atoms with van der Waals surface area (Å²) in [6, 6.07) is 8.51. The van der Waals surface area contributed by atoms with Crippen LogP contribution in [0, 0.1) is 5.82 Å². The first-order valence-corrected chi connectivity index (χ1v) is 10.7. The molecule has 0 spiro atoms. The Morgan fingerprint density at radius 3 is 2.29 bits per heavy atom. The number of aliphatic hydroxyl groups is 1. The summed E-state index contributed by atoms with van der Waals surface area (Å²) in [5.74, 6) is -0.686. The van der Waals surface area contributed by atoms with Crippen LogP contribution in [-0.4, -0.2) is 28.3 Å².